The molecule has 0 aliphatic carbocycles. The van der Waals surface area contributed by atoms with Crippen molar-refractivity contribution in [2.45, 2.75) is 20.0 Å². The van der Waals surface area contributed by atoms with Gasteiger partial charge in [0.15, 0.2) is 0 Å². The van der Waals surface area contributed by atoms with E-state index >= 15 is 0 Å². The summed E-state index contributed by atoms with van der Waals surface area (Å²) in [6.07, 6.45) is 0.558. The highest BCUT2D eigenvalue weighted by Gasteiger charge is 2.17. The van der Waals surface area contributed by atoms with E-state index in [1.165, 1.54) is 6.07 Å². The minimum atomic E-state index is -0.965. The van der Waals surface area contributed by atoms with Crippen molar-refractivity contribution in [1.29, 1.82) is 0 Å². The fourth-order valence-electron chi connectivity index (χ4n) is 2.40. The molecule has 134 valence electrons. The summed E-state index contributed by atoms with van der Waals surface area (Å²) in [5.74, 6) is -0.823. The SMILES string of the molecule is CCc1nc(-c2ccc(OCc3c(F)cccc3Cl)cc2)sc1C(=O)O. The van der Waals surface area contributed by atoms with Crippen molar-refractivity contribution in [3.05, 3.63) is 69.4 Å². The number of aryl methyl sites for hydroxylation is 1. The Morgan fingerprint density at radius 3 is 2.58 bits per heavy atom. The van der Waals surface area contributed by atoms with Crippen LogP contribution in [0.5, 0.6) is 5.75 Å². The van der Waals surface area contributed by atoms with Crippen LogP contribution in [-0.4, -0.2) is 16.1 Å². The van der Waals surface area contributed by atoms with Crippen molar-refractivity contribution in [2.75, 3.05) is 0 Å². The number of aromatic nitrogens is 1. The van der Waals surface area contributed by atoms with Crippen molar-refractivity contribution >= 4 is 28.9 Å². The quantitative estimate of drug-likeness (QED) is 0.607. The lowest BCUT2D eigenvalue weighted by molar-refractivity contribution is 0.0701. The van der Waals surface area contributed by atoms with Crippen molar-refractivity contribution in [2.24, 2.45) is 0 Å². The van der Waals surface area contributed by atoms with Gasteiger partial charge in [-0.1, -0.05) is 24.6 Å². The van der Waals surface area contributed by atoms with Crippen LogP contribution in [-0.2, 0) is 13.0 Å². The summed E-state index contributed by atoms with van der Waals surface area (Å²) >= 11 is 7.13. The van der Waals surface area contributed by atoms with Crippen LogP contribution in [0.1, 0.15) is 27.9 Å². The van der Waals surface area contributed by atoms with Gasteiger partial charge < -0.3 is 9.84 Å². The van der Waals surface area contributed by atoms with Crippen LogP contribution in [0.15, 0.2) is 42.5 Å². The summed E-state index contributed by atoms with van der Waals surface area (Å²) in [4.78, 5) is 15.9. The highest BCUT2D eigenvalue weighted by molar-refractivity contribution is 7.17. The molecule has 0 spiro atoms. The molecule has 26 heavy (non-hydrogen) atoms. The normalized spacial score (nSPS) is 10.7. The van der Waals surface area contributed by atoms with E-state index in [0.717, 1.165) is 16.9 Å². The number of carbonyl (C=O) groups is 1. The van der Waals surface area contributed by atoms with Crippen LogP contribution in [0.25, 0.3) is 10.6 Å². The number of nitrogens with zero attached hydrogens (tertiary/aromatic N) is 1. The molecule has 0 atom stereocenters. The third kappa shape index (κ3) is 3.86. The first-order chi connectivity index (χ1) is 12.5. The van der Waals surface area contributed by atoms with Crippen LogP contribution in [0, 0.1) is 5.82 Å². The van der Waals surface area contributed by atoms with Gasteiger partial charge in [0.2, 0.25) is 0 Å². The Morgan fingerprint density at radius 2 is 2.00 bits per heavy atom. The molecule has 3 aromatic rings. The van der Waals surface area contributed by atoms with E-state index in [1.807, 2.05) is 6.92 Å². The molecule has 3 rings (SSSR count). The molecule has 0 aliphatic rings. The standard InChI is InChI=1S/C19H15ClFNO3S/c1-2-16-17(19(23)24)26-18(22-16)11-6-8-12(9-7-11)25-10-13-14(20)4-3-5-15(13)21/h3-9H,2,10H2,1H3,(H,23,24). The Labute approximate surface area is 158 Å². The largest absolute Gasteiger partial charge is 0.489 e. The summed E-state index contributed by atoms with van der Waals surface area (Å²) in [6, 6.07) is 11.5. The molecule has 1 heterocycles. The number of rotatable bonds is 6. The lowest BCUT2D eigenvalue weighted by Crippen LogP contribution is -1.99. The highest BCUT2D eigenvalue weighted by Crippen LogP contribution is 2.30. The maximum absolute atomic E-state index is 13.8. The van der Waals surface area contributed by atoms with Gasteiger partial charge in [-0.05, 0) is 42.8 Å². The highest BCUT2D eigenvalue weighted by atomic mass is 35.5. The zero-order valence-electron chi connectivity index (χ0n) is 13.8. The number of ether oxygens (including phenoxy) is 1. The molecule has 1 aromatic heterocycles. The van der Waals surface area contributed by atoms with Crippen LogP contribution >= 0.6 is 22.9 Å². The topological polar surface area (TPSA) is 59.4 Å². The van der Waals surface area contributed by atoms with E-state index in [9.17, 15) is 14.3 Å². The Bertz CT molecular complexity index is 920. The maximum atomic E-state index is 13.8. The van der Waals surface area contributed by atoms with E-state index in [4.69, 9.17) is 16.3 Å². The third-order valence-corrected chi connectivity index (χ3v) is 5.26. The average molecular weight is 392 g/mol. The molecule has 0 bridgehead atoms. The molecule has 0 aliphatic heterocycles. The summed E-state index contributed by atoms with van der Waals surface area (Å²) in [5, 5.41) is 10.2. The molecule has 0 saturated carbocycles. The van der Waals surface area contributed by atoms with Gasteiger partial charge >= 0.3 is 5.97 Å². The van der Waals surface area contributed by atoms with E-state index in [-0.39, 0.29) is 11.5 Å². The van der Waals surface area contributed by atoms with Crippen molar-refractivity contribution in [3.8, 4) is 16.3 Å². The number of hydrogen-bond acceptors (Lipinski definition) is 4. The molecule has 0 amide bonds. The van der Waals surface area contributed by atoms with Crippen molar-refractivity contribution in [3.63, 3.8) is 0 Å². The zero-order chi connectivity index (χ0) is 18.7. The Morgan fingerprint density at radius 1 is 1.27 bits per heavy atom. The summed E-state index contributed by atoms with van der Waals surface area (Å²) < 4.78 is 19.4. The molecule has 2 aromatic carbocycles. The lowest BCUT2D eigenvalue weighted by atomic mass is 10.2. The number of aromatic carboxylic acids is 1. The molecule has 0 unspecified atom stereocenters. The molecule has 0 fully saturated rings. The number of benzene rings is 2. The van der Waals surface area contributed by atoms with Gasteiger partial charge in [0, 0.05) is 11.1 Å². The minimum absolute atomic E-state index is 0.0191. The molecule has 0 radical (unpaired) electrons. The number of thiazole rings is 1. The van der Waals surface area contributed by atoms with E-state index in [0.29, 0.717) is 33.5 Å². The molecular weight excluding hydrogens is 377 g/mol. The first kappa shape index (κ1) is 18.4. The van der Waals surface area contributed by atoms with Crippen molar-refractivity contribution in [1.82, 2.24) is 4.98 Å². The first-order valence-corrected chi connectivity index (χ1v) is 9.08. The van der Waals surface area contributed by atoms with Gasteiger partial charge in [-0.3, -0.25) is 0 Å². The monoisotopic (exact) mass is 391 g/mol. The molecule has 0 saturated heterocycles. The maximum Gasteiger partial charge on any atom is 0.347 e. The smallest absolute Gasteiger partial charge is 0.347 e. The second-order valence-electron chi connectivity index (χ2n) is 5.47. The number of carboxylic acid groups (broad SMARTS) is 1. The minimum Gasteiger partial charge on any atom is -0.489 e. The van der Waals surface area contributed by atoms with Crippen molar-refractivity contribution < 1.29 is 19.0 Å². The second-order valence-corrected chi connectivity index (χ2v) is 6.87. The van der Waals surface area contributed by atoms with Gasteiger partial charge in [-0.15, -0.1) is 11.3 Å². The second kappa shape index (κ2) is 7.85. The summed E-state index contributed by atoms with van der Waals surface area (Å²) in [7, 11) is 0. The first-order valence-electron chi connectivity index (χ1n) is 7.88. The van der Waals surface area contributed by atoms with E-state index in [1.54, 1.807) is 36.4 Å². The van der Waals surface area contributed by atoms with Crippen LogP contribution < -0.4 is 4.74 Å². The molecule has 7 heteroatoms. The van der Waals surface area contributed by atoms with Crippen LogP contribution in [0.4, 0.5) is 4.39 Å². The van der Waals surface area contributed by atoms with Crippen LogP contribution in [0.3, 0.4) is 0 Å². The zero-order valence-corrected chi connectivity index (χ0v) is 15.4. The van der Waals surface area contributed by atoms with Gasteiger partial charge in [0.05, 0.1) is 10.7 Å². The van der Waals surface area contributed by atoms with E-state index in [2.05, 4.69) is 4.98 Å². The van der Waals surface area contributed by atoms with Gasteiger partial charge in [0.25, 0.3) is 0 Å². The predicted molar refractivity (Wildman–Crippen MR) is 99.6 cm³/mol. The third-order valence-electron chi connectivity index (χ3n) is 3.77. The summed E-state index contributed by atoms with van der Waals surface area (Å²) in [6.45, 7) is 1.89. The Kier molecular flexibility index (Phi) is 5.54. The lowest BCUT2D eigenvalue weighted by Gasteiger charge is -2.09. The van der Waals surface area contributed by atoms with Gasteiger partial charge in [0.1, 0.15) is 28.1 Å². The Balaban J connectivity index is 1.76. The number of carboxylic acids is 1. The number of halogens is 2. The Hall–Kier alpha value is -2.44. The molecular formula is C19H15ClFNO3S. The molecule has 4 nitrogen and oxygen atoms in total. The number of hydrogen-bond donors (Lipinski definition) is 1. The van der Waals surface area contributed by atoms with Gasteiger partial charge in [-0.2, -0.15) is 0 Å². The molecule has 1 N–H and O–H groups in total. The fourth-order valence-corrected chi connectivity index (χ4v) is 3.62. The van der Waals surface area contributed by atoms with Crippen LogP contribution in [0.2, 0.25) is 5.02 Å². The van der Waals surface area contributed by atoms with E-state index < -0.39 is 11.8 Å². The average Bonchev–Trinajstić information content (AvgIpc) is 3.06. The predicted octanol–water partition coefficient (Wildman–Crippen LogP) is 5.44. The van der Waals surface area contributed by atoms with Gasteiger partial charge in [-0.25, -0.2) is 14.2 Å². The fraction of sp³-hybridized carbons (Fsp3) is 0.158. The summed E-state index contributed by atoms with van der Waals surface area (Å²) in [5.41, 5.74) is 1.68.